The summed E-state index contributed by atoms with van der Waals surface area (Å²) >= 11 is 11.8. The average Bonchev–Trinajstić information content (AvgIpc) is 2.80. The SMILES string of the molecule is O=C(NCC(=O)N1CCOC[C@@H](CO)C1)c1cc(Cl)ccc1Cl. The zero-order chi connectivity index (χ0) is 16.8. The lowest BCUT2D eigenvalue weighted by molar-refractivity contribution is -0.130. The van der Waals surface area contributed by atoms with Crippen LogP contribution in [0, 0.1) is 5.92 Å². The molecule has 1 saturated heterocycles. The molecule has 1 fully saturated rings. The molecule has 23 heavy (non-hydrogen) atoms. The lowest BCUT2D eigenvalue weighted by atomic mass is 10.1. The van der Waals surface area contributed by atoms with Gasteiger partial charge in [0.15, 0.2) is 0 Å². The minimum atomic E-state index is -0.462. The largest absolute Gasteiger partial charge is 0.396 e. The molecular formula is C15H18Cl2N2O4. The van der Waals surface area contributed by atoms with Crippen LogP contribution in [0.15, 0.2) is 18.2 Å². The highest BCUT2D eigenvalue weighted by molar-refractivity contribution is 6.35. The van der Waals surface area contributed by atoms with E-state index in [1.165, 1.54) is 12.1 Å². The molecule has 0 spiro atoms. The number of nitrogens with zero attached hydrogens (tertiary/aromatic N) is 1. The van der Waals surface area contributed by atoms with Crippen molar-refractivity contribution in [1.82, 2.24) is 10.2 Å². The van der Waals surface area contributed by atoms with Crippen molar-refractivity contribution in [3.63, 3.8) is 0 Å². The summed E-state index contributed by atoms with van der Waals surface area (Å²) in [6.07, 6.45) is 0. The second-order valence-corrected chi connectivity index (χ2v) is 6.11. The van der Waals surface area contributed by atoms with Crippen molar-refractivity contribution < 1.29 is 19.4 Å². The van der Waals surface area contributed by atoms with Gasteiger partial charge in [0.05, 0.1) is 30.3 Å². The maximum absolute atomic E-state index is 12.2. The number of aliphatic hydroxyl groups excluding tert-OH is 1. The zero-order valence-corrected chi connectivity index (χ0v) is 13.9. The normalized spacial score (nSPS) is 18.4. The Bertz CT molecular complexity index is 583. The molecule has 0 aromatic heterocycles. The predicted octanol–water partition coefficient (Wildman–Crippen LogP) is 1.19. The van der Waals surface area contributed by atoms with E-state index in [-0.39, 0.29) is 35.6 Å². The maximum atomic E-state index is 12.2. The topological polar surface area (TPSA) is 78.9 Å². The molecule has 0 aliphatic carbocycles. The van der Waals surface area contributed by atoms with Crippen LogP contribution in [0.25, 0.3) is 0 Å². The van der Waals surface area contributed by atoms with Crippen LogP contribution in [-0.4, -0.2) is 61.3 Å². The fraction of sp³-hybridized carbons (Fsp3) is 0.467. The Morgan fingerprint density at radius 3 is 2.91 bits per heavy atom. The van der Waals surface area contributed by atoms with Gasteiger partial charge in [0.2, 0.25) is 5.91 Å². The lowest BCUT2D eigenvalue weighted by Crippen LogP contribution is -2.43. The highest BCUT2D eigenvalue weighted by atomic mass is 35.5. The number of ether oxygens (including phenoxy) is 1. The van der Waals surface area contributed by atoms with E-state index in [0.29, 0.717) is 31.3 Å². The third-order valence-electron chi connectivity index (χ3n) is 3.52. The first-order chi connectivity index (χ1) is 11.0. The standard InChI is InChI=1S/C15H18Cl2N2O4/c16-11-1-2-13(17)12(5-11)15(22)18-6-14(21)19-3-4-23-9-10(7-19)8-20/h1-2,5,10,20H,3-4,6-9H2,(H,18,22)/t10-/m1/s1. The number of carbonyl (C=O) groups excluding carboxylic acids is 2. The van der Waals surface area contributed by atoms with Gasteiger partial charge in [-0.2, -0.15) is 0 Å². The van der Waals surface area contributed by atoms with E-state index < -0.39 is 5.91 Å². The highest BCUT2D eigenvalue weighted by Gasteiger charge is 2.22. The summed E-state index contributed by atoms with van der Waals surface area (Å²) in [5.74, 6) is -0.810. The molecule has 8 heteroatoms. The Balaban J connectivity index is 1.92. The van der Waals surface area contributed by atoms with Crippen molar-refractivity contribution in [3.05, 3.63) is 33.8 Å². The quantitative estimate of drug-likeness (QED) is 0.845. The molecule has 1 aliphatic rings. The van der Waals surface area contributed by atoms with Gasteiger partial charge in [-0.3, -0.25) is 9.59 Å². The number of hydrogen-bond donors (Lipinski definition) is 2. The van der Waals surface area contributed by atoms with Gasteiger partial charge >= 0.3 is 0 Å². The van der Waals surface area contributed by atoms with E-state index in [1.807, 2.05) is 0 Å². The summed E-state index contributed by atoms with van der Waals surface area (Å²) in [5, 5.41) is 12.4. The number of hydrogen-bond acceptors (Lipinski definition) is 4. The fourth-order valence-electron chi connectivity index (χ4n) is 2.25. The smallest absolute Gasteiger partial charge is 0.253 e. The van der Waals surface area contributed by atoms with E-state index in [1.54, 1.807) is 11.0 Å². The number of nitrogens with one attached hydrogen (secondary N) is 1. The molecule has 1 atom stereocenters. The molecule has 126 valence electrons. The van der Waals surface area contributed by atoms with Gasteiger partial charge in [0, 0.05) is 30.6 Å². The summed E-state index contributed by atoms with van der Waals surface area (Å²) in [5.41, 5.74) is 0.222. The molecule has 1 aliphatic heterocycles. The highest BCUT2D eigenvalue weighted by Crippen LogP contribution is 2.20. The molecule has 1 heterocycles. The second kappa shape index (κ2) is 8.49. The summed E-state index contributed by atoms with van der Waals surface area (Å²) in [6.45, 7) is 1.47. The van der Waals surface area contributed by atoms with Gasteiger partial charge in [-0.1, -0.05) is 23.2 Å². The van der Waals surface area contributed by atoms with Gasteiger partial charge in [0.1, 0.15) is 0 Å². The third kappa shape index (κ3) is 5.07. The Kier molecular flexibility index (Phi) is 6.65. The minimum absolute atomic E-state index is 0.0474. The zero-order valence-electron chi connectivity index (χ0n) is 12.4. The van der Waals surface area contributed by atoms with Crippen LogP contribution in [-0.2, 0) is 9.53 Å². The van der Waals surface area contributed by atoms with E-state index >= 15 is 0 Å². The van der Waals surface area contributed by atoms with Gasteiger partial charge in [-0.15, -0.1) is 0 Å². The molecule has 1 aromatic carbocycles. The molecule has 0 saturated carbocycles. The monoisotopic (exact) mass is 360 g/mol. The summed E-state index contributed by atoms with van der Waals surface area (Å²) < 4.78 is 5.33. The summed E-state index contributed by atoms with van der Waals surface area (Å²) in [4.78, 5) is 25.9. The van der Waals surface area contributed by atoms with Crippen LogP contribution in [0.3, 0.4) is 0 Å². The van der Waals surface area contributed by atoms with E-state index in [4.69, 9.17) is 27.9 Å². The first kappa shape index (κ1) is 18.0. The van der Waals surface area contributed by atoms with E-state index in [2.05, 4.69) is 5.32 Å². The van der Waals surface area contributed by atoms with Crippen LogP contribution in [0.2, 0.25) is 10.0 Å². The molecular weight excluding hydrogens is 343 g/mol. The number of aliphatic hydroxyl groups is 1. The predicted molar refractivity (Wildman–Crippen MR) is 86.8 cm³/mol. The van der Waals surface area contributed by atoms with Crippen LogP contribution in [0.4, 0.5) is 0 Å². The van der Waals surface area contributed by atoms with Crippen molar-refractivity contribution in [1.29, 1.82) is 0 Å². The van der Waals surface area contributed by atoms with Crippen LogP contribution < -0.4 is 5.32 Å². The Hall–Kier alpha value is -1.34. The van der Waals surface area contributed by atoms with Crippen molar-refractivity contribution in [3.8, 4) is 0 Å². The van der Waals surface area contributed by atoms with Crippen molar-refractivity contribution >= 4 is 35.0 Å². The molecule has 0 radical (unpaired) electrons. The van der Waals surface area contributed by atoms with Gasteiger partial charge in [-0.25, -0.2) is 0 Å². The molecule has 2 amide bonds. The first-order valence-corrected chi connectivity index (χ1v) is 7.96. The number of carbonyl (C=O) groups is 2. The van der Waals surface area contributed by atoms with Crippen molar-refractivity contribution in [2.75, 3.05) is 39.5 Å². The maximum Gasteiger partial charge on any atom is 0.253 e. The molecule has 2 rings (SSSR count). The van der Waals surface area contributed by atoms with Crippen LogP contribution >= 0.6 is 23.2 Å². The second-order valence-electron chi connectivity index (χ2n) is 5.27. The Morgan fingerprint density at radius 2 is 2.17 bits per heavy atom. The number of halogens is 2. The Labute approximate surface area is 144 Å². The number of benzene rings is 1. The molecule has 0 bridgehead atoms. The van der Waals surface area contributed by atoms with Crippen molar-refractivity contribution in [2.24, 2.45) is 5.92 Å². The van der Waals surface area contributed by atoms with Gasteiger partial charge in [0.25, 0.3) is 5.91 Å². The van der Waals surface area contributed by atoms with E-state index in [0.717, 1.165) is 0 Å². The third-order valence-corrected chi connectivity index (χ3v) is 4.09. The van der Waals surface area contributed by atoms with Crippen LogP contribution in [0.1, 0.15) is 10.4 Å². The van der Waals surface area contributed by atoms with Crippen molar-refractivity contribution in [2.45, 2.75) is 0 Å². The lowest BCUT2D eigenvalue weighted by Gasteiger charge is -2.22. The first-order valence-electron chi connectivity index (χ1n) is 7.21. The minimum Gasteiger partial charge on any atom is -0.396 e. The molecule has 2 N–H and O–H groups in total. The summed E-state index contributed by atoms with van der Waals surface area (Å²) in [6, 6.07) is 4.56. The number of rotatable bonds is 4. The van der Waals surface area contributed by atoms with Crippen LogP contribution in [0.5, 0.6) is 0 Å². The molecule has 1 aromatic rings. The van der Waals surface area contributed by atoms with Gasteiger partial charge < -0.3 is 20.1 Å². The van der Waals surface area contributed by atoms with E-state index in [9.17, 15) is 14.7 Å². The molecule has 0 unspecified atom stereocenters. The Morgan fingerprint density at radius 1 is 1.39 bits per heavy atom. The molecule has 6 nitrogen and oxygen atoms in total. The number of amides is 2. The summed E-state index contributed by atoms with van der Waals surface area (Å²) in [7, 11) is 0. The fourth-order valence-corrected chi connectivity index (χ4v) is 2.63. The van der Waals surface area contributed by atoms with Gasteiger partial charge in [-0.05, 0) is 18.2 Å². The average molecular weight is 361 g/mol.